The number of imide groups is 1. The lowest BCUT2D eigenvalue weighted by Crippen LogP contribution is -2.32. The number of fused-ring (bicyclic) bond motifs is 1. The molecule has 4 rings (SSSR count). The predicted octanol–water partition coefficient (Wildman–Crippen LogP) is 3.14. The van der Waals surface area contributed by atoms with Gasteiger partial charge in [0.15, 0.2) is 0 Å². The topological polar surface area (TPSA) is 75.7 Å². The van der Waals surface area contributed by atoms with Crippen LogP contribution in [0.2, 0.25) is 0 Å². The van der Waals surface area contributed by atoms with Gasteiger partial charge in [0.05, 0.1) is 24.9 Å². The average Bonchev–Trinajstić information content (AvgIpc) is 3.00. The molecule has 0 spiro atoms. The highest BCUT2D eigenvalue weighted by atomic mass is 32.2. The van der Waals surface area contributed by atoms with E-state index in [1.807, 2.05) is 30.3 Å². The Morgan fingerprint density at radius 2 is 2.04 bits per heavy atom. The predicted molar refractivity (Wildman–Crippen MR) is 102 cm³/mol. The number of carbonyl (C=O) groups excluding carboxylic acids is 3. The van der Waals surface area contributed by atoms with E-state index >= 15 is 0 Å². The fourth-order valence-corrected chi connectivity index (χ4v) is 3.99. The van der Waals surface area contributed by atoms with Gasteiger partial charge in [-0.1, -0.05) is 42.1 Å². The van der Waals surface area contributed by atoms with Crippen LogP contribution in [-0.2, 0) is 11.3 Å². The number of carbonyl (C=O) groups is 3. The van der Waals surface area contributed by atoms with Gasteiger partial charge in [-0.25, -0.2) is 0 Å². The number of thioether (sulfide) groups is 1. The van der Waals surface area contributed by atoms with Crippen LogP contribution in [0.3, 0.4) is 0 Å². The molecule has 1 fully saturated rings. The summed E-state index contributed by atoms with van der Waals surface area (Å²) in [6.45, 7) is 0.741. The van der Waals surface area contributed by atoms with Crippen LogP contribution >= 0.6 is 11.8 Å². The summed E-state index contributed by atoms with van der Waals surface area (Å²) in [7, 11) is 0. The molecule has 0 aromatic heterocycles. The minimum Gasteiger partial charge on any atom is -0.493 e. The van der Waals surface area contributed by atoms with E-state index in [1.54, 1.807) is 18.2 Å². The third kappa shape index (κ3) is 3.68. The molecule has 2 aromatic carbocycles. The molecule has 6 nitrogen and oxygen atoms in total. The third-order valence-corrected chi connectivity index (χ3v) is 5.49. The molecule has 2 aliphatic heterocycles. The summed E-state index contributed by atoms with van der Waals surface area (Å²) in [6.07, 6.45) is 0.705. The molecule has 2 aliphatic rings. The molecule has 0 saturated carbocycles. The Morgan fingerprint density at radius 3 is 2.85 bits per heavy atom. The van der Waals surface area contributed by atoms with Crippen LogP contribution in [0.4, 0.5) is 4.79 Å². The largest absolute Gasteiger partial charge is 0.493 e. The van der Waals surface area contributed by atoms with Crippen LogP contribution in [0.5, 0.6) is 5.75 Å². The van der Waals surface area contributed by atoms with E-state index in [0.717, 1.165) is 28.6 Å². The average molecular weight is 382 g/mol. The molecule has 138 valence electrons. The Bertz CT molecular complexity index is 898. The molecule has 1 atom stereocenters. The first kappa shape index (κ1) is 17.6. The van der Waals surface area contributed by atoms with Crippen molar-refractivity contribution in [1.29, 1.82) is 0 Å². The van der Waals surface area contributed by atoms with Crippen LogP contribution in [0.15, 0.2) is 48.5 Å². The van der Waals surface area contributed by atoms with Gasteiger partial charge in [0.2, 0.25) is 5.91 Å². The first-order valence-electron chi connectivity index (χ1n) is 8.70. The van der Waals surface area contributed by atoms with Gasteiger partial charge in [-0.2, -0.15) is 0 Å². The van der Waals surface area contributed by atoms with Gasteiger partial charge in [-0.05, 0) is 23.8 Å². The van der Waals surface area contributed by atoms with E-state index in [-0.39, 0.29) is 35.4 Å². The van der Waals surface area contributed by atoms with E-state index in [9.17, 15) is 14.4 Å². The van der Waals surface area contributed by atoms with E-state index < -0.39 is 0 Å². The number of hydrogen-bond acceptors (Lipinski definition) is 5. The second kappa shape index (κ2) is 7.44. The standard InChI is InChI=1S/C20H18N2O4S/c23-18-12-27-20(25)22(18)11-13-4-3-5-14(10-13)19(24)21-16-8-9-26-17-7-2-1-6-15(16)17/h1-7,10,16H,8-9,11-12H2,(H,21,24)/t16-/m1/s1. The molecule has 0 unspecified atom stereocenters. The summed E-state index contributed by atoms with van der Waals surface area (Å²) in [5, 5.41) is 2.82. The van der Waals surface area contributed by atoms with Crippen molar-refractivity contribution in [2.45, 2.75) is 19.0 Å². The number of rotatable bonds is 4. The van der Waals surface area contributed by atoms with E-state index in [2.05, 4.69) is 5.32 Å². The molecular formula is C20H18N2O4S. The Balaban J connectivity index is 1.48. The number of nitrogens with zero attached hydrogens (tertiary/aromatic N) is 1. The lowest BCUT2D eigenvalue weighted by molar-refractivity contribution is -0.125. The van der Waals surface area contributed by atoms with E-state index in [0.29, 0.717) is 18.6 Å². The second-order valence-electron chi connectivity index (χ2n) is 6.44. The molecule has 0 bridgehead atoms. The Morgan fingerprint density at radius 1 is 1.19 bits per heavy atom. The first-order valence-corrected chi connectivity index (χ1v) is 9.69. The van der Waals surface area contributed by atoms with Crippen molar-refractivity contribution in [3.8, 4) is 5.75 Å². The van der Waals surface area contributed by atoms with Crippen LogP contribution in [0.25, 0.3) is 0 Å². The maximum atomic E-state index is 12.7. The highest BCUT2D eigenvalue weighted by Crippen LogP contribution is 2.31. The molecule has 1 N–H and O–H groups in total. The van der Waals surface area contributed by atoms with E-state index in [4.69, 9.17) is 4.74 Å². The summed E-state index contributed by atoms with van der Waals surface area (Å²) in [5.41, 5.74) is 2.22. The normalized spacial score (nSPS) is 18.8. The van der Waals surface area contributed by atoms with Crippen LogP contribution < -0.4 is 10.1 Å². The fraction of sp³-hybridized carbons (Fsp3) is 0.250. The summed E-state index contributed by atoms with van der Waals surface area (Å²) >= 11 is 1.01. The molecule has 3 amide bonds. The van der Waals surface area contributed by atoms with Gasteiger partial charge in [-0.3, -0.25) is 19.3 Å². The highest BCUT2D eigenvalue weighted by molar-refractivity contribution is 8.14. The molecule has 1 saturated heterocycles. The van der Waals surface area contributed by atoms with Crippen molar-refractivity contribution < 1.29 is 19.1 Å². The minimum absolute atomic E-state index is 0.107. The summed E-state index contributed by atoms with van der Waals surface area (Å²) in [5.74, 6) is 0.597. The van der Waals surface area contributed by atoms with Crippen molar-refractivity contribution in [1.82, 2.24) is 10.2 Å². The number of ether oxygens (including phenoxy) is 1. The summed E-state index contributed by atoms with van der Waals surface area (Å²) in [4.78, 5) is 37.5. The van der Waals surface area contributed by atoms with Gasteiger partial charge in [0.1, 0.15) is 5.75 Å². The lowest BCUT2D eigenvalue weighted by atomic mass is 10.00. The van der Waals surface area contributed by atoms with Crippen molar-refractivity contribution >= 4 is 28.8 Å². The van der Waals surface area contributed by atoms with Gasteiger partial charge in [-0.15, -0.1) is 0 Å². The van der Waals surface area contributed by atoms with Gasteiger partial charge < -0.3 is 10.1 Å². The summed E-state index contributed by atoms with van der Waals surface area (Å²) in [6, 6.07) is 14.6. The van der Waals surface area contributed by atoms with E-state index in [1.165, 1.54) is 4.90 Å². The van der Waals surface area contributed by atoms with Crippen LogP contribution in [-0.4, -0.2) is 34.3 Å². The number of benzene rings is 2. The van der Waals surface area contributed by atoms with Crippen molar-refractivity contribution in [2.24, 2.45) is 0 Å². The van der Waals surface area contributed by atoms with Crippen molar-refractivity contribution in [3.05, 3.63) is 65.2 Å². The number of amides is 3. The molecule has 2 aromatic rings. The molecule has 27 heavy (non-hydrogen) atoms. The zero-order valence-corrected chi connectivity index (χ0v) is 15.3. The maximum Gasteiger partial charge on any atom is 0.289 e. The summed E-state index contributed by atoms with van der Waals surface area (Å²) < 4.78 is 5.63. The fourth-order valence-electron chi connectivity index (χ4n) is 3.26. The van der Waals surface area contributed by atoms with Crippen LogP contribution in [0.1, 0.15) is 33.9 Å². The number of para-hydroxylation sites is 1. The Kier molecular flexibility index (Phi) is 4.85. The zero-order valence-electron chi connectivity index (χ0n) is 14.5. The minimum atomic E-state index is -0.242. The molecule has 2 heterocycles. The van der Waals surface area contributed by atoms with Crippen LogP contribution in [0, 0.1) is 0 Å². The third-order valence-electron chi connectivity index (χ3n) is 4.63. The highest BCUT2D eigenvalue weighted by Gasteiger charge is 2.30. The van der Waals surface area contributed by atoms with Gasteiger partial charge in [0, 0.05) is 17.5 Å². The van der Waals surface area contributed by atoms with Crippen molar-refractivity contribution in [2.75, 3.05) is 12.4 Å². The second-order valence-corrected chi connectivity index (χ2v) is 7.36. The maximum absolute atomic E-state index is 12.7. The monoisotopic (exact) mass is 382 g/mol. The van der Waals surface area contributed by atoms with Crippen molar-refractivity contribution in [3.63, 3.8) is 0 Å². The van der Waals surface area contributed by atoms with Gasteiger partial charge >= 0.3 is 0 Å². The molecule has 0 aliphatic carbocycles. The SMILES string of the molecule is O=C(N[C@@H]1CCOc2ccccc21)c1cccc(CN2C(=O)CSC2=O)c1. The number of nitrogens with one attached hydrogen (secondary N) is 1. The quantitative estimate of drug-likeness (QED) is 0.879. The van der Waals surface area contributed by atoms with Gasteiger partial charge in [0.25, 0.3) is 11.1 Å². The smallest absolute Gasteiger partial charge is 0.289 e. The molecular weight excluding hydrogens is 364 g/mol. The number of hydrogen-bond donors (Lipinski definition) is 1. The Hall–Kier alpha value is -2.80. The molecule has 7 heteroatoms. The first-order chi connectivity index (χ1) is 13.1. The zero-order chi connectivity index (χ0) is 18.8. The Labute approximate surface area is 160 Å². The lowest BCUT2D eigenvalue weighted by Gasteiger charge is -2.26. The molecule has 0 radical (unpaired) electrons.